The second-order valence-corrected chi connectivity index (χ2v) is 7.43. The molecule has 0 aliphatic carbocycles. The van der Waals surface area contributed by atoms with Crippen molar-refractivity contribution in [3.8, 4) is 0 Å². The quantitative estimate of drug-likeness (QED) is 0.315. The molecule has 0 unspecified atom stereocenters. The number of hydrogen-bond acceptors (Lipinski definition) is 5. The molecule has 0 aliphatic heterocycles. The van der Waals surface area contributed by atoms with E-state index in [0.717, 1.165) is 11.5 Å². The van der Waals surface area contributed by atoms with Crippen molar-refractivity contribution < 1.29 is 14.6 Å². The molecule has 16 heavy (non-hydrogen) atoms. The van der Waals surface area contributed by atoms with Crippen LogP contribution in [0.1, 0.15) is 20.8 Å². The van der Waals surface area contributed by atoms with Crippen molar-refractivity contribution in [2.45, 2.75) is 24.9 Å². The van der Waals surface area contributed by atoms with Gasteiger partial charge in [0.15, 0.2) is 0 Å². The standard InChI is InChI=1S/C11H20O3S2/c1-9(2)10(13)14-6-8-16-11(3,4)15-7-5-12/h12H,1,5-8H2,2-4H3. The fourth-order valence-electron chi connectivity index (χ4n) is 0.878. The van der Waals surface area contributed by atoms with E-state index in [1.807, 2.05) is 0 Å². The summed E-state index contributed by atoms with van der Waals surface area (Å²) in [5, 5.41) is 8.73. The SMILES string of the molecule is C=C(C)C(=O)OCCSC(C)(C)SCCO. The van der Waals surface area contributed by atoms with Crippen molar-refractivity contribution >= 4 is 29.5 Å². The van der Waals surface area contributed by atoms with E-state index in [9.17, 15) is 4.79 Å². The number of thioether (sulfide) groups is 2. The lowest BCUT2D eigenvalue weighted by Crippen LogP contribution is -2.15. The van der Waals surface area contributed by atoms with Crippen molar-refractivity contribution in [2.24, 2.45) is 0 Å². The van der Waals surface area contributed by atoms with Gasteiger partial charge in [-0.3, -0.25) is 0 Å². The van der Waals surface area contributed by atoms with Crippen molar-refractivity contribution in [3.05, 3.63) is 12.2 Å². The van der Waals surface area contributed by atoms with Crippen molar-refractivity contribution in [1.29, 1.82) is 0 Å². The van der Waals surface area contributed by atoms with Crippen LogP contribution in [0.3, 0.4) is 0 Å². The number of esters is 1. The monoisotopic (exact) mass is 264 g/mol. The molecule has 0 bridgehead atoms. The molecule has 3 nitrogen and oxygen atoms in total. The minimum absolute atomic E-state index is 0.0400. The third-order valence-corrected chi connectivity index (χ3v) is 4.51. The van der Waals surface area contributed by atoms with Crippen molar-refractivity contribution in [3.63, 3.8) is 0 Å². The number of hydrogen-bond donors (Lipinski definition) is 1. The molecule has 0 saturated carbocycles. The van der Waals surface area contributed by atoms with Crippen LogP contribution in [0.4, 0.5) is 0 Å². The van der Waals surface area contributed by atoms with Gasteiger partial charge in [0.2, 0.25) is 0 Å². The van der Waals surface area contributed by atoms with E-state index in [-0.39, 0.29) is 16.7 Å². The van der Waals surface area contributed by atoms with Crippen molar-refractivity contribution in [1.82, 2.24) is 0 Å². The van der Waals surface area contributed by atoms with E-state index in [1.165, 1.54) is 0 Å². The first-order chi connectivity index (χ1) is 7.39. The first-order valence-electron chi connectivity index (χ1n) is 5.10. The molecular formula is C11H20O3S2. The van der Waals surface area contributed by atoms with Gasteiger partial charge in [-0.15, -0.1) is 23.5 Å². The summed E-state index contributed by atoms with van der Waals surface area (Å²) in [4.78, 5) is 11.1. The lowest BCUT2D eigenvalue weighted by Gasteiger charge is -2.22. The van der Waals surface area contributed by atoms with E-state index in [2.05, 4.69) is 20.4 Å². The second-order valence-electron chi connectivity index (χ2n) is 3.74. The number of carbonyl (C=O) groups excluding carboxylic acids is 1. The predicted octanol–water partition coefficient (Wildman–Crippen LogP) is 2.30. The average molecular weight is 264 g/mol. The maximum atomic E-state index is 11.1. The first kappa shape index (κ1) is 15.9. The van der Waals surface area contributed by atoms with Gasteiger partial charge in [-0.05, 0) is 20.8 Å². The molecule has 0 amide bonds. The molecule has 1 N–H and O–H groups in total. The number of ether oxygens (including phenoxy) is 1. The topological polar surface area (TPSA) is 46.5 Å². The van der Waals surface area contributed by atoms with Crippen LogP contribution in [0.2, 0.25) is 0 Å². The Morgan fingerprint density at radius 1 is 1.38 bits per heavy atom. The van der Waals surface area contributed by atoms with Gasteiger partial charge in [-0.1, -0.05) is 6.58 Å². The van der Waals surface area contributed by atoms with Gasteiger partial charge in [0.1, 0.15) is 6.61 Å². The highest BCUT2D eigenvalue weighted by Crippen LogP contribution is 2.35. The van der Waals surface area contributed by atoms with Crippen LogP contribution in [0, 0.1) is 0 Å². The van der Waals surface area contributed by atoms with Gasteiger partial charge in [0.05, 0.1) is 10.7 Å². The first-order valence-corrected chi connectivity index (χ1v) is 7.07. The van der Waals surface area contributed by atoms with Gasteiger partial charge in [0, 0.05) is 17.1 Å². The fourth-order valence-corrected chi connectivity index (χ4v) is 2.95. The summed E-state index contributed by atoms with van der Waals surface area (Å²) in [6.07, 6.45) is 0. The summed E-state index contributed by atoms with van der Waals surface area (Å²) in [5.74, 6) is 1.15. The van der Waals surface area contributed by atoms with Crippen LogP contribution in [0.15, 0.2) is 12.2 Å². The Kier molecular flexibility index (Phi) is 7.97. The Bertz CT molecular complexity index is 239. The Morgan fingerprint density at radius 3 is 2.44 bits per heavy atom. The van der Waals surface area contributed by atoms with Crippen LogP contribution in [0.25, 0.3) is 0 Å². The van der Waals surface area contributed by atoms with Crippen LogP contribution in [-0.4, -0.2) is 39.9 Å². The molecule has 0 aromatic carbocycles. The summed E-state index contributed by atoms with van der Waals surface area (Å²) in [7, 11) is 0. The third-order valence-electron chi connectivity index (χ3n) is 1.66. The zero-order chi connectivity index (χ0) is 12.6. The zero-order valence-electron chi connectivity index (χ0n) is 10.1. The minimum Gasteiger partial charge on any atom is -0.461 e. The van der Waals surface area contributed by atoms with Crippen LogP contribution in [-0.2, 0) is 9.53 Å². The van der Waals surface area contributed by atoms with Crippen molar-refractivity contribution in [2.75, 3.05) is 24.7 Å². The predicted molar refractivity (Wildman–Crippen MR) is 71.9 cm³/mol. The molecule has 0 rings (SSSR count). The fraction of sp³-hybridized carbons (Fsp3) is 0.727. The normalized spacial score (nSPS) is 11.2. The molecule has 0 aromatic rings. The highest BCUT2D eigenvalue weighted by atomic mass is 32.2. The molecule has 5 heteroatoms. The maximum Gasteiger partial charge on any atom is 0.333 e. The number of rotatable bonds is 8. The Balaban J connectivity index is 3.64. The Morgan fingerprint density at radius 2 is 1.94 bits per heavy atom. The molecule has 0 atom stereocenters. The van der Waals surface area contributed by atoms with E-state index in [0.29, 0.717) is 12.2 Å². The lowest BCUT2D eigenvalue weighted by molar-refractivity contribution is -0.138. The Hall–Kier alpha value is -0.130. The van der Waals surface area contributed by atoms with Gasteiger partial charge >= 0.3 is 5.97 Å². The molecule has 0 aliphatic rings. The van der Waals surface area contributed by atoms with Crippen LogP contribution < -0.4 is 0 Å². The van der Waals surface area contributed by atoms with Crippen LogP contribution in [0.5, 0.6) is 0 Å². The summed E-state index contributed by atoms with van der Waals surface area (Å²) < 4.78 is 5.03. The molecular weight excluding hydrogens is 244 g/mol. The molecule has 0 saturated heterocycles. The van der Waals surface area contributed by atoms with Gasteiger partial charge in [0.25, 0.3) is 0 Å². The zero-order valence-corrected chi connectivity index (χ0v) is 11.7. The summed E-state index contributed by atoms with van der Waals surface area (Å²) in [6.45, 7) is 9.93. The van der Waals surface area contributed by atoms with Gasteiger partial charge in [-0.2, -0.15) is 0 Å². The van der Waals surface area contributed by atoms with Gasteiger partial charge in [-0.25, -0.2) is 4.79 Å². The number of aliphatic hydroxyl groups excluding tert-OH is 1. The summed E-state index contributed by atoms with van der Waals surface area (Å²) in [5.41, 5.74) is 0.430. The largest absolute Gasteiger partial charge is 0.461 e. The molecule has 0 radical (unpaired) electrons. The summed E-state index contributed by atoms with van der Waals surface area (Å²) in [6, 6.07) is 0. The summed E-state index contributed by atoms with van der Waals surface area (Å²) >= 11 is 3.42. The van der Waals surface area contributed by atoms with E-state index in [4.69, 9.17) is 9.84 Å². The molecule has 0 fully saturated rings. The molecule has 0 spiro atoms. The van der Waals surface area contributed by atoms with Gasteiger partial charge < -0.3 is 9.84 Å². The third kappa shape index (κ3) is 8.07. The average Bonchev–Trinajstić information content (AvgIpc) is 2.21. The van der Waals surface area contributed by atoms with E-state index >= 15 is 0 Å². The molecule has 94 valence electrons. The van der Waals surface area contributed by atoms with E-state index in [1.54, 1.807) is 30.4 Å². The molecule has 0 heterocycles. The maximum absolute atomic E-state index is 11.1. The molecule has 0 aromatic heterocycles. The highest BCUT2D eigenvalue weighted by Gasteiger charge is 2.18. The highest BCUT2D eigenvalue weighted by molar-refractivity contribution is 8.18. The number of aliphatic hydroxyl groups is 1. The number of carbonyl (C=O) groups is 1. The minimum atomic E-state index is -0.332. The smallest absolute Gasteiger partial charge is 0.333 e. The lowest BCUT2D eigenvalue weighted by atomic mass is 10.4. The van der Waals surface area contributed by atoms with E-state index < -0.39 is 0 Å². The van der Waals surface area contributed by atoms with Crippen LogP contribution >= 0.6 is 23.5 Å². The Labute approximate surface area is 106 Å². The second kappa shape index (κ2) is 8.03.